The molecule has 1 aromatic rings. The fourth-order valence-corrected chi connectivity index (χ4v) is 2.62. The molecule has 1 aliphatic rings. The summed E-state index contributed by atoms with van der Waals surface area (Å²) in [5.74, 6) is 0. The molecule has 0 N–H and O–H groups in total. The number of benzene rings is 1. The van der Waals surface area contributed by atoms with E-state index in [1.165, 1.54) is 11.1 Å². The predicted octanol–water partition coefficient (Wildman–Crippen LogP) is 4.01. The van der Waals surface area contributed by atoms with E-state index in [2.05, 4.69) is 48.0 Å². The van der Waals surface area contributed by atoms with Crippen LogP contribution in [0.15, 0.2) is 22.7 Å². The molecule has 0 amide bonds. The van der Waals surface area contributed by atoms with Gasteiger partial charge in [-0.2, -0.15) is 0 Å². The Morgan fingerprint density at radius 2 is 2.29 bits per heavy atom. The Morgan fingerprint density at radius 1 is 1.53 bits per heavy atom. The minimum absolute atomic E-state index is 0.180. The normalized spacial score (nSPS) is 20.3. The Bertz CT molecular complexity index is 374. The van der Waals surface area contributed by atoms with Crippen molar-refractivity contribution in [2.24, 2.45) is 0 Å². The van der Waals surface area contributed by atoms with Crippen molar-refractivity contribution in [3.63, 3.8) is 0 Å². The Kier molecular flexibility index (Phi) is 4.60. The lowest BCUT2D eigenvalue weighted by Crippen LogP contribution is -2.09. The Hall–Kier alpha value is -0.380. The summed E-state index contributed by atoms with van der Waals surface area (Å²) in [6, 6.07) is 6.45. The second-order valence-electron chi connectivity index (χ2n) is 4.59. The van der Waals surface area contributed by atoms with Crippen molar-refractivity contribution in [1.82, 2.24) is 0 Å². The van der Waals surface area contributed by atoms with Crippen molar-refractivity contribution < 1.29 is 9.47 Å². The highest BCUT2D eigenvalue weighted by Gasteiger charge is 2.25. The number of epoxide rings is 1. The van der Waals surface area contributed by atoms with E-state index in [0.717, 1.165) is 23.9 Å². The Morgan fingerprint density at radius 3 is 2.88 bits per heavy atom. The summed E-state index contributed by atoms with van der Waals surface area (Å²) in [6.07, 6.45) is 2.68. The van der Waals surface area contributed by atoms with Crippen molar-refractivity contribution in [3.8, 4) is 0 Å². The van der Waals surface area contributed by atoms with Crippen LogP contribution in [0.4, 0.5) is 0 Å². The second kappa shape index (κ2) is 5.98. The summed E-state index contributed by atoms with van der Waals surface area (Å²) in [4.78, 5) is 0. The second-order valence-corrected chi connectivity index (χ2v) is 5.45. The average Bonchev–Trinajstić information content (AvgIpc) is 3.09. The standard InChI is InChI=1S/C14H19BrO2/c1-3-4-14(17-9-11-8-16-11)12-6-5-10(2)7-13(12)15/h5-7,11,14H,3-4,8-9H2,1-2H3/t11?,14-/m1/s1. The lowest BCUT2D eigenvalue weighted by atomic mass is 10.0. The average molecular weight is 299 g/mol. The third-order valence-electron chi connectivity index (χ3n) is 2.94. The van der Waals surface area contributed by atoms with Crippen LogP contribution in [0.3, 0.4) is 0 Å². The topological polar surface area (TPSA) is 21.8 Å². The molecule has 2 rings (SSSR count). The summed E-state index contributed by atoms with van der Waals surface area (Å²) < 4.78 is 12.3. The van der Waals surface area contributed by atoms with Crippen LogP contribution < -0.4 is 0 Å². The van der Waals surface area contributed by atoms with Crippen LogP contribution >= 0.6 is 15.9 Å². The smallest absolute Gasteiger partial charge is 0.104 e. The predicted molar refractivity (Wildman–Crippen MR) is 72.2 cm³/mol. The number of ether oxygens (including phenoxy) is 2. The number of rotatable bonds is 6. The number of halogens is 1. The van der Waals surface area contributed by atoms with Gasteiger partial charge in [-0.1, -0.05) is 41.4 Å². The molecule has 1 unspecified atom stereocenters. The van der Waals surface area contributed by atoms with Gasteiger partial charge in [-0.05, 0) is 30.5 Å². The number of hydrogen-bond donors (Lipinski definition) is 0. The third-order valence-corrected chi connectivity index (χ3v) is 3.63. The summed E-state index contributed by atoms with van der Waals surface area (Å²) in [6.45, 7) is 5.85. The molecular weight excluding hydrogens is 280 g/mol. The molecule has 0 aliphatic carbocycles. The van der Waals surface area contributed by atoms with Crippen LogP contribution in [0.1, 0.15) is 37.0 Å². The first-order chi connectivity index (χ1) is 8.20. The SMILES string of the molecule is CCC[C@@H](OCC1CO1)c1ccc(C)cc1Br. The zero-order valence-corrected chi connectivity index (χ0v) is 12.0. The van der Waals surface area contributed by atoms with Crippen molar-refractivity contribution in [1.29, 1.82) is 0 Å². The molecule has 17 heavy (non-hydrogen) atoms. The largest absolute Gasteiger partial charge is 0.371 e. The van der Waals surface area contributed by atoms with Crippen molar-refractivity contribution in [2.75, 3.05) is 13.2 Å². The molecule has 1 aliphatic heterocycles. The van der Waals surface area contributed by atoms with E-state index < -0.39 is 0 Å². The highest BCUT2D eigenvalue weighted by molar-refractivity contribution is 9.10. The van der Waals surface area contributed by atoms with E-state index in [9.17, 15) is 0 Å². The van der Waals surface area contributed by atoms with Crippen LogP contribution in [0.2, 0.25) is 0 Å². The lowest BCUT2D eigenvalue weighted by Gasteiger charge is -2.19. The molecule has 94 valence electrons. The van der Waals surface area contributed by atoms with Gasteiger partial charge in [-0.15, -0.1) is 0 Å². The molecule has 1 fully saturated rings. The molecule has 1 aromatic carbocycles. The molecule has 3 heteroatoms. The summed E-state index contributed by atoms with van der Waals surface area (Å²) >= 11 is 3.63. The van der Waals surface area contributed by atoms with Gasteiger partial charge in [0.25, 0.3) is 0 Å². The van der Waals surface area contributed by atoms with Gasteiger partial charge < -0.3 is 9.47 Å². The van der Waals surface area contributed by atoms with Gasteiger partial charge in [-0.25, -0.2) is 0 Å². The third kappa shape index (κ3) is 3.80. The fraction of sp³-hybridized carbons (Fsp3) is 0.571. The summed E-state index contributed by atoms with van der Waals surface area (Å²) in [5, 5.41) is 0. The molecule has 2 nitrogen and oxygen atoms in total. The van der Waals surface area contributed by atoms with Crippen LogP contribution in [-0.4, -0.2) is 19.3 Å². The van der Waals surface area contributed by atoms with Gasteiger partial charge in [0.2, 0.25) is 0 Å². The zero-order chi connectivity index (χ0) is 12.3. The highest BCUT2D eigenvalue weighted by Crippen LogP contribution is 2.31. The quantitative estimate of drug-likeness (QED) is 0.740. The minimum Gasteiger partial charge on any atom is -0.371 e. The van der Waals surface area contributed by atoms with E-state index in [-0.39, 0.29) is 6.10 Å². The Labute approximate surface area is 111 Å². The Balaban J connectivity index is 2.06. The van der Waals surface area contributed by atoms with Crippen molar-refractivity contribution in [3.05, 3.63) is 33.8 Å². The molecule has 0 bridgehead atoms. The molecule has 2 atom stereocenters. The highest BCUT2D eigenvalue weighted by atomic mass is 79.9. The first-order valence-electron chi connectivity index (χ1n) is 6.20. The van der Waals surface area contributed by atoms with Gasteiger partial charge in [-0.3, -0.25) is 0 Å². The van der Waals surface area contributed by atoms with E-state index >= 15 is 0 Å². The van der Waals surface area contributed by atoms with E-state index in [1.807, 2.05) is 0 Å². The first-order valence-corrected chi connectivity index (χ1v) is 6.99. The fourth-order valence-electron chi connectivity index (χ4n) is 1.87. The maximum absolute atomic E-state index is 5.96. The van der Waals surface area contributed by atoms with Crippen molar-refractivity contribution in [2.45, 2.75) is 38.9 Å². The van der Waals surface area contributed by atoms with Gasteiger partial charge in [0, 0.05) is 4.47 Å². The van der Waals surface area contributed by atoms with E-state index in [1.54, 1.807) is 0 Å². The molecule has 0 aromatic heterocycles. The minimum atomic E-state index is 0.180. The van der Waals surface area contributed by atoms with Gasteiger partial charge in [0.1, 0.15) is 6.10 Å². The number of hydrogen-bond acceptors (Lipinski definition) is 2. The van der Waals surface area contributed by atoms with Gasteiger partial charge in [0.05, 0.1) is 19.3 Å². The maximum atomic E-state index is 5.96. The van der Waals surface area contributed by atoms with E-state index in [0.29, 0.717) is 12.7 Å². The monoisotopic (exact) mass is 298 g/mol. The first kappa shape index (κ1) is 13.1. The zero-order valence-electron chi connectivity index (χ0n) is 10.4. The van der Waals surface area contributed by atoms with Crippen LogP contribution in [0.25, 0.3) is 0 Å². The molecule has 0 spiro atoms. The van der Waals surface area contributed by atoms with Gasteiger partial charge >= 0.3 is 0 Å². The maximum Gasteiger partial charge on any atom is 0.104 e. The van der Waals surface area contributed by atoms with Crippen LogP contribution in [0, 0.1) is 6.92 Å². The summed E-state index contributed by atoms with van der Waals surface area (Å²) in [7, 11) is 0. The lowest BCUT2D eigenvalue weighted by molar-refractivity contribution is 0.0354. The molecule has 1 heterocycles. The van der Waals surface area contributed by atoms with Crippen molar-refractivity contribution >= 4 is 15.9 Å². The van der Waals surface area contributed by atoms with Crippen LogP contribution in [0.5, 0.6) is 0 Å². The van der Waals surface area contributed by atoms with Crippen LogP contribution in [-0.2, 0) is 9.47 Å². The molecule has 1 saturated heterocycles. The molecule has 0 saturated carbocycles. The van der Waals surface area contributed by atoms with E-state index in [4.69, 9.17) is 9.47 Å². The van der Waals surface area contributed by atoms with Gasteiger partial charge in [0.15, 0.2) is 0 Å². The molecule has 0 radical (unpaired) electrons. The summed E-state index contributed by atoms with van der Waals surface area (Å²) in [5.41, 5.74) is 2.51. The molecular formula is C14H19BrO2. The number of aryl methyl sites for hydroxylation is 1.